The van der Waals surface area contributed by atoms with Gasteiger partial charge in [0.05, 0.1) is 0 Å². The van der Waals surface area contributed by atoms with Gasteiger partial charge in [0, 0.05) is 21.3 Å². The lowest BCUT2D eigenvalue weighted by molar-refractivity contribution is 0.493. The molecule has 0 nitrogen and oxygen atoms in total. The smallest absolute Gasteiger partial charge is 0.0211 e. The average molecular weight is 238 g/mol. The third-order valence-electron chi connectivity index (χ3n) is 2.65. The second kappa shape index (κ2) is 4.42. The van der Waals surface area contributed by atoms with Crippen LogP contribution < -0.4 is 0 Å². The predicted molar refractivity (Wildman–Crippen MR) is 71.0 cm³/mol. The summed E-state index contributed by atoms with van der Waals surface area (Å²) in [5, 5.41) is 0. The van der Waals surface area contributed by atoms with Crippen LogP contribution >= 0.6 is 23.5 Å². The van der Waals surface area contributed by atoms with E-state index < -0.39 is 0 Å². The molecule has 0 spiro atoms. The van der Waals surface area contributed by atoms with Gasteiger partial charge < -0.3 is 0 Å². The Labute approximate surface area is 101 Å². The van der Waals surface area contributed by atoms with Crippen LogP contribution in [0, 0.1) is 5.41 Å². The number of aryl methyl sites for hydroxylation is 1. The van der Waals surface area contributed by atoms with Gasteiger partial charge in [-0.2, -0.15) is 0 Å². The van der Waals surface area contributed by atoms with Crippen LogP contribution in [0.1, 0.15) is 26.3 Å². The summed E-state index contributed by atoms with van der Waals surface area (Å²) in [6.07, 6.45) is 1.14. The van der Waals surface area contributed by atoms with Crippen LogP contribution in [0.25, 0.3) is 0 Å². The van der Waals surface area contributed by atoms with E-state index in [4.69, 9.17) is 0 Å². The summed E-state index contributed by atoms with van der Waals surface area (Å²) < 4.78 is 0. The predicted octanol–water partition coefficient (Wildman–Crippen LogP) is 4.47. The van der Waals surface area contributed by atoms with E-state index in [2.05, 4.69) is 39.0 Å². The standard InChI is InChI=1S/C13H18S2/c1-4-10-5-6-11-12(7-10)15-9-13(2,3)8-14-11/h5-7H,4,8-9H2,1-3H3. The molecule has 0 amide bonds. The van der Waals surface area contributed by atoms with Crippen LogP contribution in [-0.4, -0.2) is 11.5 Å². The van der Waals surface area contributed by atoms with Gasteiger partial charge in [0.1, 0.15) is 0 Å². The van der Waals surface area contributed by atoms with Crippen molar-refractivity contribution in [3.8, 4) is 0 Å². The fourth-order valence-electron chi connectivity index (χ4n) is 1.59. The first-order valence-corrected chi connectivity index (χ1v) is 7.46. The van der Waals surface area contributed by atoms with Crippen LogP contribution in [0.5, 0.6) is 0 Å². The SMILES string of the molecule is CCc1ccc2c(c1)SCC(C)(C)CS2. The Bertz CT molecular complexity index is 356. The van der Waals surface area contributed by atoms with Gasteiger partial charge in [-0.15, -0.1) is 23.5 Å². The quantitative estimate of drug-likeness (QED) is 0.708. The van der Waals surface area contributed by atoms with Crippen molar-refractivity contribution in [2.75, 3.05) is 11.5 Å². The van der Waals surface area contributed by atoms with E-state index in [1.807, 2.05) is 23.5 Å². The van der Waals surface area contributed by atoms with E-state index in [0.717, 1.165) is 6.42 Å². The average Bonchev–Trinajstić information content (AvgIpc) is 2.38. The van der Waals surface area contributed by atoms with Crippen molar-refractivity contribution < 1.29 is 0 Å². The Kier molecular flexibility index (Phi) is 3.36. The fraction of sp³-hybridized carbons (Fsp3) is 0.538. The van der Waals surface area contributed by atoms with Crippen molar-refractivity contribution in [2.45, 2.75) is 37.0 Å². The van der Waals surface area contributed by atoms with Gasteiger partial charge in [-0.1, -0.05) is 26.8 Å². The van der Waals surface area contributed by atoms with Crippen molar-refractivity contribution >= 4 is 23.5 Å². The first-order valence-electron chi connectivity index (χ1n) is 5.49. The highest BCUT2D eigenvalue weighted by molar-refractivity contribution is 8.03. The summed E-state index contributed by atoms with van der Waals surface area (Å²) in [4.78, 5) is 2.97. The molecule has 0 N–H and O–H groups in total. The molecule has 2 heteroatoms. The van der Waals surface area contributed by atoms with Crippen molar-refractivity contribution in [1.29, 1.82) is 0 Å². The molecule has 2 rings (SSSR count). The molecule has 0 bridgehead atoms. The van der Waals surface area contributed by atoms with Crippen LogP contribution in [-0.2, 0) is 6.42 Å². The molecule has 0 saturated carbocycles. The normalized spacial score (nSPS) is 19.4. The minimum atomic E-state index is 0.459. The molecule has 15 heavy (non-hydrogen) atoms. The van der Waals surface area contributed by atoms with Gasteiger partial charge in [-0.05, 0) is 29.5 Å². The molecule has 0 aliphatic carbocycles. The first-order chi connectivity index (χ1) is 7.11. The molecule has 0 saturated heterocycles. The van der Waals surface area contributed by atoms with E-state index in [1.54, 1.807) is 0 Å². The largest absolute Gasteiger partial charge is 0.124 e. The molecule has 1 aromatic carbocycles. The van der Waals surface area contributed by atoms with Crippen LogP contribution in [0.4, 0.5) is 0 Å². The molecule has 1 heterocycles. The zero-order valence-corrected chi connectivity index (χ0v) is 11.3. The lowest BCUT2D eigenvalue weighted by Crippen LogP contribution is -2.16. The van der Waals surface area contributed by atoms with Crippen LogP contribution in [0.2, 0.25) is 0 Å². The summed E-state index contributed by atoms with van der Waals surface area (Å²) >= 11 is 4.04. The Morgan fingerprint density at radius 3 is 2.47 bits per heavy atom. The molecule has 0 aromatic heterocycles. The van der Waals surface area contributed by atoms with Gasteiger partial charge in [-0.25, -0.2) is 0 Å². The van der Waals surface area contributed by atoms with E-state index >= 15 is 0 Å². The minimum Gasteiger partial charge on any atom is -0.124 e. The number of thioether (sulfide) groups is 2. The maximum Gasteiger partial charge on any atom is 0.0211 e. The first kappa shape index (κ1) is 11.4. The topological polar surface area (TPSA) is 0 Å². The number of benzene rings is 1. The van der Waals surface area contributed by atoms with Crippen molar-refractivity contribution in [2.24, 2.45) is 5.41 Å². The van der Waals surface area contributed by atoms with E-state index in [9.17, 15) is 0 Å². The summed E-state index contributed by atoms with van der Waals surface area (Å²) in [5.41, 5.74) is 1.92. The van der Waals surface area contributed by atoms with Crippen molar-refractivity contribution in [1.82, 2.24) is 0 Å². The molecular formula is C13H18S2. The lowest BCUT2D eigenvalue weighted by Gasteiger charge is -2.19. The summed E-state index contributed by atoms with van der Waals surface area (Å²) in [6, 6.07) is 6.94. The summed E-state index contributed by atoms with van der Waals surface area (Å²) in [5.74, 6) is 2.47. The van der Waals surface area contributed by atoms with Crippen LogP contribution in [0.3, 0.4) is 0 Å². The minimum absolute atomic E-state index is 0.459. The highest BCUT2D eigenvalue weighted by Gasteiger charge is 2.23. The highest BCUT2D eigenvalue weighted by Crippen LogP contribution is 2.42. The summed E-state index contributed by atoms with van der Waals surface area (Å²) in [6.45, 7) is 6.94. The zero-order valence-electron chi connectivity index (χ0n) is 9.67. The molecule has 1 aliphatic rings. The number of fused-ring (bicyclic) bond motifs is 1. The fourth-order valence-corrected chi connectivity index (χ4v) is 4.18. The van der Waals surface area contributed by atoms with Crippen molar-refractivity contribution in [3.05, 3.63) is 23.8 Å². The Hall–Kier alpha value is -0.0800. The molecule has 0 unspecified atom stereocenters. The third-order valence-corrected chi connectivity index (χ3v) is 5.95. The monoisotopic (exact) mass is 238 g/mol. The number of rotatable bonds is 1. The maximum atomic E-state index is 2.37. The van der Waals surface area contributed by atoms with Gasteiger partial charge in [0.15, 0.2) is 0 Å². The molecule has 0 atom stereocenters. The zero-order chi connectivity index (χ0) is 10.9. The van der Waals surface area contributed by atoms with E-state index in [0.29, 0.717) is 5.41 Å². The van der Waals surface area contributed by atoms with Gasteiger partial charge >= 0.3 is 0 Å². The van der Waals surface area contributed by atoms with Gasteiger partial charge in [0.2, 0.25) is 0 Å². The molecule has 0 fully saturated rings. The summed E-state index contributed by atoms with van der Waals surface area (Å²) in [7, 11) is 0. The van der Waals surface area contributed by atoms with Gasteiger partial charge in [0.25, 0.3) is 0 Å². The molecule has 1 aromatic rings. The Morgan fingerprint density at radius 2 is 1.80 bits per heavy atom. The van der Waals surface area contributed by atoms with Crippen molar-refractivity contribution in [3.63, 3.8) is 0 Å². The molecule has 82 valence electrons. The Balaban J connectivity index is 2.27. The van der Waals surface area contributed by atoms with Crippen LogP contribution in [0.15, 0.2) is 28.0 Å². The second-order valence-electron chi connectivity index (χ2n) is 4.88. The maximum absolute atomic E-state index is 2.37. The highest BCUT2D eigenvalue weighted by atomic mass is 32.2. The van der Waals surface area contributed by atoms with E-state index in [1.165, 1.54) is 26.9 Å². The Morgan fingerprint density at radius 1 is 1.13 bits per heavy atom. The third kappa shape index (κ3) is 2.73. The molecule has 0 radical (unpaired) electrons. The number of hydrogen-bond acceptors (Lipinski definition) is 2. The number of hydrogen-bond donors (Lipinski definition) is 0. The molecule has 1 aliphatic heterocycles. The molecular weight excluding hydrogens is 220 g/mol. The lowest BCUT2D eigenvalue weighted by atomic mass is 10.0. The van der Waals surface area contributed by atoms with E-state index in [-0.39, 0.29) is 0 Å². The van der Waals surface area contributed by atoms with Gasteiger partial charge in [-0.3, -0.25) is 0 Å². The second-order valence-corrected chi connectivity index (χ2v) is 6.91.